The molecule has 1 aromatic carbocycles. The van der Waals surface area contributed by atoms with Gasteiger partial charge in [-0.05, 0) is 23.8 Å². The molecule has 0 spiro atoms. The van der Waals surface area contributed by atoms with Crippen LogP contribution in [-0.4, -0.2) is 6.67 Å². The van der Waals surface area contributed by atoms with Gasteiger partial charge in [-0.25, -0.2) is 4.39 Å². The Morgan fingerprint density at radius 2 is 1.93 bits per heavy atom. The lowest BCUT2D eigenvalue weighted by Crippen LogP contribution is -2.14. The third kappa shape index (κ3) is 2.82. The van der Waals surface area contributed by atoms with Crippen LogP contribution in [0.3, 0.4) is 0 Å². The second-order valence-electron chi connectivity index (χ2n) is 2.99. The second-order valence-corrected chi connectivity index (χ2v) is 3.40. The molecule has 1 nitrogen and oxygen atoms in total. The lowest BCUT2D eigenvalue weighted by atomic mass is 10.1. The lowest BCUT2D eigenvalue weighted by Gasteiger charge is -2.13. The predicted octanol–water partition coefficient (Wildman–Crippen LogP) is 3.33. The molecule has 1 aromatic rings. The average Bonchev–Trinajstić information content (AvgIpc) is 2.15. The Hall–Kier alpha value is -0.810. The highest BCUT2D eigenvalue weighted by Gasteiger charge is 2.31. The molecule has 0 heterocycles. The van der Waals surface area contributed by atoms with Gasteiger partial charge in [-0.1, -0.05) is 11.6 Å². The summed E-state index contributed by atoms with van der Waals surface area (Å²) in [4.78, 5) is 0. The highest BCUT2D eigenvalue weighted by Crippen LogP contribution is 2.33. The van der Waals surface area contributed by atoms with Crippen LogP contribution in [0.25, 0.3) is 0 Å². The number of rotatable bonds is 2. The van der Waals surface area contributed by atoms with Gasteiger partial charge in [-0.15, -0.1) is 0 Å². The third-order valence-electron chi connectivity index (χ3n) is 1.89. The van der Waals surface area contributed by atoms with Crippen LogP contribution < -0.4 is 5.73 Å². The van der Waals surface area contributed by atoms with Crippen LogP contribution in [0, 0.1) is 0 Å². The molecule has 0 radical (unpaired) electrons. The van der Waals surface area contributed by atoms with Crippen molar-refractivity contribution in [1.29, 1.82) is 0 Å². The monoisotopic (exact) mass is 241 g/mol. The second kappa shape index (κ2) is 4.37. The van der Waals surface area contributed by atoms with E-state index in [-0.39, 0.29) is 10.6 Å². The Morgan fingerprint density at radius 1 is 1.33 bits per heavy atom. The first-order chi connectivity index (χ1) is 6.86. The topological polar surface area (TPSA) is 26.0 Å². The minimum absolute atomic E-state index is 0.0333. The summed E-state index contributed by atoms with van der Waals surface area (Å²) in [6.07, 6.45) is -4.48. The van der Waals surface area contributed by atoms with Crippen molar-refractivity contribution in [2.24, 2.45) is 5.73 Å². The normalized spacial score (nSPS) is 14.0. The SMILES string of the molecule is N[C@@H](CF)c1cc(C(F)(F)F)ccc1Cl. The zero-order chi connectivity index (χ0) is 11.6. The van der Waals surface area contributed by atoms with Crippen LogP contribution in [-0.2, 0) is 6.18 Å². The van der Waals surface area contributed by atoms with Crippen molar-refractivity contribution in [3.63, 3.8) is 0 Å². The largest absolute Gasteiger partial charge is 0.416 e. The molecule has 0 aliphatic carbocycles. The molecule has 2 N–H and O–H groups in total. The first kappa shape index (κ1) is 12.3. The summed E-state index contributed by atoms with van der Waals surface area (Å²) in [5, 5.41) is 0.0353. The molecule has 0 bridgehead atoms. The summed E-state index contributed by atoms with van der Waals surface area (Å²) < 4.78 is 49.1. The maximum absolute atomic E-state index is 12.3. The van der Waals surface area contributed by atoms with Crippen LogP contribution in [0.15, 0.2) is 18.2 Å². The maximum Gasteiger partial charge on any atom is 0.416 e. The lowest BCUT2D eigenvalue weighted by molar-refractivity contribution is -0.137. The zero-order valence-electron chi connectivity index (χ0n) is 7.48. The molecular formula is C9H8ClF4N. The van der Waals surface area contributed by atoms with Crippen LogP contribution in [0.2, 0.25) is 5.02 Å². The number of alkyl halides is 4. The van der Waals surface area contributed by atoms with E-state index in [4.69, 9.17) is 17.3 Å². The fourth-order valence-electron chi connectivity index (χ4n) is 1.09. The molecule has 0 saturated carbocycles. The van der Waals surface area contributed by atoms with Gasteiger partial charge in [0.2, 0.25) is 0 Å². The van der Waals surface area contributed by atoms with Crippen LogP contribution in [0.5, 0.6) is 0 Å². The van der Waals surface area contributed by atoms with Crippen LogP contribution >= 0.6 is 11.6 Å². The summed E-state index contributed by atoms with van der Waals surface area (Å²) in [6.45, 7) is -0.957. The third-order valence-corrected chi connectivity index (χ3v) is 2.23. The predicted molar refractivity (Wildman–Crippen MR) is 49.4 cm³/mol. The quantitative estimate of drug-likeness (QED) is 0.790. The Kier molecular flexibility index (Phi) is 3.57. The first-order valence-electron chi connectivity index (χ1n) is 4.04. The van der Waals surface area contributed by atoms with E-state index in [2.05, 4.69) is 0 Å². The summed E-state index contributed by atoms with van der Waals surface area (Å²) in [5.74, 6) is 0. The van der Waals surface area contributed by atoms with Crippen molar-refractivity contribution in [1.82, 2.24) is 0 Å². The van der Waals surface area contributed by atoms with E-state index >= 15 is 0 Å². The van der Waals surface area contributed by atoms with Crippen molar-refractivity contribution in [3.05, 3.63) is 34.3 Å². The van der Waals surface area contributed by atoms with E-state index in [1.807, 2.05) is 0 Å². The molecular weight excluding hydrogens is 234 g/mol. The highest BCUT2D eigenvalue weighted by molar-refractivity contribution is 6.31. The number of nitrogens with two attached hydrogens (primary N) is 1. The summed E-state index contributed by atoms with van der Waals surface area (Å²) in [5.41, 5.74) is 4.36. The highest BCUT2D eigenvalue weighted by atomic mass is 35.5. The van der Waals surface area contributed by atoms with Gasteiger partial charge in [0.15, 0.2) is 0 Å². The molecule has 1 atom stereocenters. The van der Waals surface area contributed by atoms with Gasteiger partial charge in [0.05, 0.1) is 11.6 Å². The van der Waals surface area contributed by atoms with Crippen LogP contribution in [0.1, 0.15) is 17.2 Å². The van der Waals surface area contributed by atoms with E-state index in [1.165, 1.54) is 0 Å². The van der Waals surface area contributed by atoms with Crippen molar-refractivity contribution in [3.8, 4) is 0 Å². The molecule has 84 valence electrons. The van der Waals surface area contributed by atoms with Gasteiger partial charge in [0.25, 0.3) is 0 Å². The Morgan fingerprint density at radius 3 is 2.40 bits per heavy atom. The summed E-state index contributed by atoms with van der Waals surface area (Å²) >= 11 is 5.61. The van der Waals surface area contributed by atoms with Gasteiger partial charge in [0, 0.05) is 5.02 Å². The van der Waals surface area contributed by atoms with Crippen molar-refractivity contribution >= 4 is 11.6 Å². The van der Waals surface area contributed by atoms with Gasteiger partial charge in [0.1, 0.15) is 6.67 Å². The molecule has 0 aliphatic rings. The summed E-state index contributed by atoms with van der Waals surface area (Å²) in [6, 6.07) is 1.54. The molecule has 0 fully saturated rings. The fraction of sp³-hybridized carbons (Fsp3) is 0.333. The van der Waals surface area contributed by atoms with Gasteiger partial charge >= 0.3 is 6.18 Å². The number of hydrogen-bond acceptors (Lipinski definition) is 1. The van der Waals surface area contributed by atoms with E-state index in [9.17, 15) is 17.6 Å². The van der Waals surface area contributed by atoms with Crippen molar-refractivity contribution < 1.29 is 17.6 Å². The van der Waals surface area contributed by atoms with E-state index in [1.54, 1.807) is 0 Å². The zero-order valence-corrected chi connectivity index (χ0v) is 8.24. The molecule has 0 unspecified atom stereocenters. The van der Waals surface area contributed by atoms with E-state index in [0.717, 1.165) is 18.2 Å². The van der Waals surface area contributed by atoms with Gasteiger partial charge in [-0.3, -0.25) is 0 Å². The molecule has 1 rings (SSSR count). The number of hydrogen-bond donors (Lipinski definition) is 1. The van der Waals surface area contributed by atoms with E-state index in [0.29, 0.717) is 0 Å². The number of benzene rings is 1. The van der Waals surface area contributed by atoms with Gasteiger partial charge < -0.3 is 5.73 Å². The van der Waals surface area contributed by atoms with Crippen molar-refractivity contribution in [2.75, 3.05) is 6.67 Å². The molecule has 0 saturated heterocycles. The smallest absolute Gasteiger partial charge is 0.322 e. The number of halogens is 5. The fourth-order valence-corrected chi connectivity index (χ4v) is 1.35. The Balaban J connectivity index is 3.17. The maximum atomic E-state index is 12.3. The van der Waals surface area contributed by atoms with Crippen LogP contribution in [0.4, 0.5) is 17.6 Å². The molecule has 15 heavy (non-hydrogen) atoms. The van der Waals surface area contributed by atoms with E-state index < -0.39 is 24.5 Å². The Bertz CT molecular complexity index is 350. The molecule has 6 heteroatoms. The average molecular weight is 242 g/mol. The molecule has 0 aromatic heterocycles. The standard InChI is InChI=1S/C9H8ClF4N/c10-7-2-1-5(9(12,13)14)3-6(7)8(15)4-11/h1-3,8H,4,15H2/t8-/m0/s1. The first-order valence-corrected chi connectivity index (χ1v) is 4.42. The molecule has 0 amide bonds. The van der Waals surface area contributed by atoms with Crippen molar-refractivity contribution in [2.45, 2.75) is 12.2 Å². The Labute approximate surface area is 88.8 Å². The molecule has 0 aliphatic heterocycles. The minimum atomic E-state index is -4.48. The van der Waals surface area contributed by atoms with Gasteiger partial charge in [-0.2, -0.15) is 13.2 Å². The minimum Gasteiger partial charge on any atom is -0.322 e. The summed E-state index contributed by atoms with van der Waals surface area (Å²) in [7, 11) is 0.